The number of hydrogen-bond acceptors (Lipinski definition) is 4. The van der Waals surface area contributed by atoms with E-state index >= 15 is 0 Å². The van der Waals surface area contributed by atoms with Gasteiger partial charge in [-0.2, -0.15) is 0 Å². The van der Waals surface area contributed by atoms with Crippen molar-refractivity contribution in [3.8, 4) is 5.75 Å². The maximum absolute atomic E-state index is 5.84. The zero-order chi connectivity index (χ0) is 13.9. The Hall–Kier alpha value is -1.10. The molecule has 1 aromatic carbocycles. The van der Waals surface area contributed by atoms with Gasteiger partial charge in [0.05, 0.1) is 12.6 Å². The van der Waals surface area contributed by atoms with Crippen LogP contribution in [0.15, 0.2) is 24.3 Å². The molecule has 2 aliphatic rings. The summed E-state index contributed by atoms with van der Waals surface area (Å²) in [6.07, 6.45) is 4.11. The average Bonchev–Trinajstić information content (AvgIpc) is 2.94. The van der Waals surface area contributed by atoms with Crippen molar-refractivity contribution in [3.63, 3.8) is 0 Å². The lowest BCUT2D eigenvalue weighted by Crippen LogP contribution is -2.31. The molecule has 110 valence electrons. The number of hydrazine groups is 1. The SMILES string of the molecule is COCCOc1ccccc1C(NN)C1C2CCCC21. The second-order valence-corrected chi connectivity index (χ2v) is 5.86. The monoisotopic (exact) mass is 276 g/mol. The van der Waals surface area contributed by atoms with Crippen LogP contribution in [0.25, 0.3) is 0 Å². The van der Waals surface area contributed by atoms with E-state index in [2.05, 4.69) is 17.6 Å². The van der Waals surface area contributed by atoms with E-state index in [1.807, 2.05) is 12.1 Å². The van der Waals surface area contributed by atoms with E-state index in [9.17, 15) is 0 Å². The van der Waals surface area contributed by atoms with Crippen LogP contribution in [0, 0.1) is 17.8 Å². The number of ether oxygens (including phenoxy) is 2. The fraction of sp³-hybridized carbons (Fsp3) is 0.625. The maximum atomic E-state index is 5.84. The Balaban J connectivity index is 1.74. The van der Waals surface area contributed by atoms with Crippen molar-refractivity contribution < 1.29 is 9.47 Å². The van der Waals surface area contributed by atoms with Crippen LogP contribution in [0.3, 0.4) is 0 Å². The Morgan fingerprint density at radius 3 is 2.70 bits per heavy atom. The normalized spacial score (nSPS) is 29.0. The van der Waals surface area contributed by atoms with Crippen LogP contribution in [0.1, 0.15) is 30.9 Å². The molecule has 20 heavy (non-hydrogen) atoms. The van der Waals surface area contributed by atoms with E-state index in [1.165, 1.54) is 24.8 Å². The van der Waals surface area contributed by atoms with E-state index in [1.54, 1.807) is 7.11 Å². The van der Waals surface area contributed by atoms with E-state index < -0.39 is 0 Å². The summed E-state index contributed by atoms with van der Waals surface area (Å²) in [6, 6.07) is 8.42. The zero-order valence-corrected chi connectivity index (χ0v) is 12.0. The van der Waals surface area contributed by atoms with Crippen LogP contribution in [0.4, 0.5) is 0 Å². The van der Waals surface area contributed by atoms with Gasteiger partial charge in [-0.3, -0.25) is 11.3 Å². The third kappa shape index (κ3) is 2.55. The molecule has 0 spiro atoms. The van der Waals surface area contributed by atoms with Gasteiger partial charge in [0.2, 0.25) is 0 Å². The highest BCUT2D eigenvalue weighted by molar-refractivity contribution is 5.37. The summed E-state index contributed by atoms with van der Waals surface area (Å²) >= 11 is 0. The largest absolute Gasteiger partial charge is 0.491 e. The van der Waals surface area contributed by atoms with Crippen molar-refractivity contribution in [1.29, 1.82) is 0 Å². The van der Waals surface area contributed by atoms with Gasteiger partial charge in [-0.05, 0) is 36.7 Å². The van der Waals surface area contributed by atoms with Gasteiger partial charge < -0.3 is 9.47 Å². The third-order valence-corrected chi connectivity index (χ3v) is 4.84. The molecule has 2 fully saturated rings. The highest BCUT2D eigenvalue weighted by atomic mass is 16.5. The number of benzene rings is 1. The third-order valence-electron chi connectivity index (χ3n) is 4.84. The highest BCUT2D eigenvalue weighted by Gasteiger charge is 2.56. The molecule has 0 aromatic heterocycles. The molecule has 0 saturated heterocycles. The fourth-order valence-electron chi connectivity index (χ4n) is 3.88. The van der Waals surface area contributed by atoms with Crippen molar-refractivity contribution in [2.75, 3.05) is 20.3 Å². The van der Waals surface area contributed by atoms with E-state index in [-0.39, 0.29) is 6.04 Å². The summed E-state index contributed by atoms with van der Waals surface area (Å²) in [4.78, 5) is 0. The first-order valence-corrected chi connectivity index (χ1v) is 7.53. The summed E-state index contributed by atoms with van der Waals surface area (Å²) in [6.45, 7) is 1.17. The molecule has 1 aromatic rings. The van der Waals surface area contributed by atoms with Crippen LogP contribution in [-0.2, 0) is 4.74 Å². The summed E-state index contributed by atoms with van der Waals surface area (Å²) in [5.41, 5.74) is 4.21. The lowest BCUT2D eigenvalue weighted by molar-refractivity contribution is 0.145. The van der Waals surface area contributed by atoms with Crippen LogP contribution >= 0.6 is 0 Å². The van der Waals surface area contributed by atoms with Crippen molar-refractivity contribution >= 4 is 0 Å². The molecule has 0 radical (unpaired) electrons. The zero-order valence-electron chi connectivity index (χ0n) is 12.0. The number of para-hydroxylation sites is 1. The number of rotatable bonds is 7. The average molecular weight is 276 g/mol. The molecule has 2 aliphatic carbocycles. The van der Waals surface area contributed by atoms with Crippen LogP contribution < -0.4 is 16.0 Å². The standard InChI is InChI=1S/C16H24N2O2/c1-19-9-10-20-14-8-3-2-5-13(14)16(18-17)15-11-6-4-7-12(11)15/h2-3,5,8,11-12,15-16,18H,4,6-7,9-10,17H2,1H3. The summed E-state index contributed by atoms with van der Waals surface area (Å²) in [7, 11) is 1.69. The van der Waals surface area contributed by atoms with E-state index in [0.717, 1.165) is 17.6 Å². The Bertz CT molecular complexity index is 442. The quantitative estimate of drug-likeness (QED) is 0.456. The Morgan fingerprint density at radius 2 is 2.00 bits per heavy atom. The molecular weight excluding hydrogens is 252 g/mol. The summed E-state index contributed by atoms with van der Waals surface area (Å²) in [5, 5.41) is 0. The first kappa shape index (κ1) is 13.9. The maximum Gasteiger partial charge on any atom is 0.124 e. The Morgan fingerprint density at radius 1 is 1.25 bits per heavy atom. The molecule has 0 amide bonds. The topological polar surface area (TPSA) is 56.5 Å². The second kappa shape index (κ2) is 6.12. The first-order valence-electron chi connectivity index (χ1n) is 7.53. The predicted molar refractivity (Wildman–Crippen MR) is 78.2 cm³/mol. The van der Waals surface area contributed by atoms with Crippen LogP contribution in [0.5, 0.6) is 5.75 Å². The summed E-state index contributed by atoms with van der Waals surface area (Å²) in [5.74, 6) is 9.18. The number of hydrogen-bond donors (Lipinski definition) is 2. The molecule has 0 aliphatic heterocycles. The lowest BCUT2D eigenvalue weighted by atomic mass is 9.96. The number of nitrogens with one attached hydrogen (secondary N) is 1. The molecule has 3 rings (SSSR count). The highest BCUT2D eigenvalue weighted by Crippen LogP contribution is 2.62. The molecule has 3 N–H and O–H groups in total. The summed E-state index contributed by atoms with van der Waals surface area (Å²) < 4.78 is 10.9. The van der Waals surface area contributed by atoms with Gasteiger partial charge in [0.25, 0.3) is 0 Å². The number of methoxy groups -OCH3 is 1. The van der Waals surface area contributed by atoms with Crippen molar-refractivity contribution in [2.24, 2.45) is 23.6 Å². The molecule has 4 nitrogen and oxygen atoms in total. The molecule has 3 atom stereocenters. The minimum Gasteiger partial charge on any atom is -0.491 e. The molecule has 4 heteroatoms. The number of fused-ring (bicyclic) bond motifs is 1. The van der Waals surface area contributed by atoms with Gasteiger partial charge in [-0.25, -0.2) is 0 Å². The van der Waals surface area contributed by atoms with Crippen LogP contribution in [0.2, 0.25) is 0 Å². The molecular formula is C16H24N2O2. The molecule has 0 bridgehead atoms. The van der Waals surface area contributed by atoms with Gasteiger partial charge in [0.15, 0.2) is 0 Å². The second-order valence-electron chi connectivity index (χ2n) is 5.86. The van der Waals surface area contributed by atoms with Crippen LogP contribution in [-0.4, -0.2) is 20.3 Å². The van der Waals surface area contributed by atoms with E-state index in [0.29, 0.717) is 19.1 Å². The van der Waals surface area contributed by atoms with Gasteiger partial charge in [-0.1, -0.05) is 24.6 Å². The van der Waals surface area contributed by atoms with Gasteiger partial charge in [0.1, 0.15) is 12.4 Å². The Kier molecular flexibility index (Phi) is 4.24. The van der Waals surface area contributed by atoms with Gasteiger partial charge in [-0.15, -0.1) is 0 Å². The predicted octanol–water partition coefficient (Wildman–Crippen LogP) is 2.26. The van der Waals surface area contributed by atoms with E-state index in [4.69, 9.17) is 15.3 Å². The van der Waals surface area contributed by atoms with Gasteiger partial charge >= 0.3 is 0 Å². The first-order chi connectivity index (χ1) is 9.86. The lowest BCUT2D eigenvalue weighted by Gasteiger charge is -2.21. The smallest absolute Gasteiger partial charge is 0.124 e. The Labute approximate surface area is 120 Å². The minimum atomic E-state index is 0.212. The molecule has 3 unspecified atom stereocenters. The number of nitrogens with two attached hydrogens (primary N) is 1. The molecule has 0 heterocycles. The molecule has 2 saturated carbocycles. The van der Waals surface area contributed by atoms with Gasteiger partial charge in [0, 0.05) is 12.7 Å². The van der Waals surface area contributed by atoms with Crippen molar-refractivity contribution in [1.82, 2.24) is 5.43 Å². The minimum absolute atomic E-state index is 0.212. The van der Waals surface area contributed by atoms with Crippen molar-refractivity contribution in [2.45, 2.75) is 25.3 Å². The fourth-order valence-corrected chi connectivity index (χ4v) is 3.88. The van der Waals surface area contributed by atoms with Crippen molar-refractivity contribution in [3.05, 3.63) is 29.8 Å².